The molecule has 4 rings (SSSR count). The van der Waals surface area contributed by atoms with Gasteiger partial charge in [-0.15, -0.1) is 0 Å². The smallest absolute Gasteiger partial charge is 0.186 e. The Labute approximate surface area is 136 Å². The summed E-state index contributed by atoms with van der Waals surface area (Å²) >= 11 is 7.65. The van der Waals surface area contributed by atoms with Gasteiger partial charge >= 0.3 is 0 Å². The van der Waals surface area contributed by atoms with Crippen LogP contribution in [0.25, 0.3) is 22.1 Å². The van der Waals surface area contributed by atoms with Crippen LogP contribution >= 0.6 is 23.4 Å². The maximum absolute atomic E-state index is 6.02. The number of aromatic nitrogens is 2. The van der Waals surface area contributed by atoms with E-state index in [1.807, 2.05) is 42.5 Å². The minimum absolute atomic E-state index is 0.745. The van der Waals surface area contributed by atoms with E-state index in [0.29, 0.717) is 0 Å². The summed E-state index contributed by atoms with van der Waals surface area (Å²) in [5.74, 6) is 0.781. The molecular formula is C17H11ClN2OS. The number of fused-ring (bicyclic) bond motifs is 3. The summed E-state index contributed by atoms with van der Waals surface area (Å²) in [5.41, 5.74) is 3.60. The van der Waals surface area contributed by atoms with Crippen LogP contribution in [0.5, 0.6) is 0 Å². The molecule has 0 aliphatic rings. The summed E-state index contributed by atoms with van der Waals surface area (Å²) < 4.78 is 5.92. The molecule has 3 nitrogen and oxygen atoms in total. The summed E-state index contributed by atoms with van der Waals surface area (Å²) in [5, 5.41) is 2.61. The third kappa shape index (κ3) is 2.45. The van der Waals surface area contributed by atoms with E-state index in [-0.39, 0.29) is 0 Å². The van der Waals surface area contributed by atoms with Gasteiger partial charge in [0.15, 0.2) is 5.58 Å². The zero-order valence-corrected chi connectivity index (χ0v) is 13.1. The van der Waals surface area contributed by atoms with Crippen molar-refractivity contribution in [3.8, 4) is 0 Å². The lowest BCUT2D eigenvalue weighted by atomic mass is 10.2. The van der Waals surface area contributed by atoms with E-state index in [9.17, 15) is 0 Å². The highest BCUT2D eigenvalue weighted by Gasteiger charge is 2.13. The first kappa shape index (κ1) is 13.6. The molecule has 5 heteroatoms. The van der Waals surface area contributed by atoms with E-state index in [2.05, 4.69) is 16.0 Å². The molecule has 0 atom stereocenters. The van der Waals surface area contributed by atoms with Crippen molar-refractivity contribution >= 4 is 45.4 Å². The highest BCUT2D eigenvalue weighted by molar-refractivity contribution is 7.98. The first-order chi connectivity index (χ1) is 10.8. The van der Waals surface area contributed by atoms with Crippen LogP contribution in [0.3, 0.4) is 0 Å². The van der Waals surface area contributed by atoms with Crippen molar-refractivity contribution in [2.75, 3.05) is 0 Å². The first-order valence-corrected chi connectivity index (χ1v) is 8.17. The molecule has 0 bridgehead atoms. The van der Waals surface area contributed by atoms with Crippen LogP contribution in [0, 0.1) is 0 Å². The third-order valence-corrected chi connectivity index (χ3v) is 4.67. The standard InChI is InChI=1S/C17H11ClN2OS/c18-12-5-3-4-11(8-12)9-22-17-16-15(19-10-20-17)13-6-1-2-7-14(13)21-16/h1-8,10H,9H2. The van der Waals surface area contributed by atoms with Gasteiger partial charge in [0.25, 0.3) is 0 Å². The third-order valence-electron chi connectivity index (χ3n) is 3.39. The fraction of sp³-hybridized carbons (Fsp3) is 0.0588. The number of furan rings is 1. The number of hydrogen-bond donors (Lipinski definition) is 0. The number of nitrogens with zero attached hydrogens (tertiary/aromatic N) is 2. The molecule has 0 radical (unpaired) electrons. The van der Waals surface area contributed by atoms with Gasteiger partial charge in [0.05, 0.1) is 0 Å². The molecule has 108 valence electrons. The topological polar surface area (TPSA) is 38.9 Å². The van der Waals surface area contributed by atoms with Crippen molar-refractivity contribution in [1.29, 1.82) is 0 Å². The Morgan fingerprint density at radius 3 is 2.86 bits per heavy atom. The predicted molar refractivity (Wildman–Crippen MR) is 90.3 cm³/mol. The first-order valence-electron chi connectivity index (χ1n) is 6.81. The van der Waals surface area contributed by atoms with E-state index in [1.54, 1.807) is 18.1 Å². The number of rotatable bonds is 3. The van der Waals surface area contributed by atoms with E-state index < -0.39 is 0 Å². The van der Waals surface area contributed by atoms with Crippen molar-refractivity contribution < 1.29 is 4.42 Å². The summed E-state index contributed by atoms with van der Waals surface area (Å²) in [7, 11) is 0. The van der Waals surface area contributed by atoms with Crippen molar-refractivity contribution in [3.05, 3.63) is 65.4 Å². The molecule has 0 aliphatic carbocycles. The second-order valence-corrected chi connectivity index (χ2v) is 6.27. The lowest BCUT2D eigenvalue weighted by Gasteiger charge is -2.02. The van der Waals surface area contributed by atoms with E-state index in [0.717, 1.165) is 43.4 Å². The monoisotopic (exact) mass is 326 g/mol. The Morgan fingerprint density at radius 2 is 1.95 bits per heavy atom. The van der Waals surface area contributed by atoms with E-state index >= 15 is 0 Å². The van der Waals surface area contributed by atoms with Gasteiger partial charge in [-0.25, -0.2) is 9.97 Å². The molecule has 22 heavy (non-hydrogen) atoms. The van der Waals surface area contributed by atoms with Gasteiger partial charge in [0.1, 0.15) is 22.5 Å². The van der Waals surface area contributed by atoms with Gasteiger partial charge < -0.3 is 4.42 Å². The van der Waals surface area contributed by atoms with E-state index in [4.69, 9.17) is 16.0 Å². The minimum atomic E-state index is 0.745. The number of thioether (sulfide) groups is 1. The normalized spacial score (nSPS) is 11.3. The fourth-order valence-corrected chi connectivity index (χ4v) is 3.47. The van der Waals surface area contributed by atoms with Crippen LogP contribution in [0.1, 0.15) is 5.56 Å². The molecule has 0 saturated carbocycles. The molecule has 0 fully saturated rings. The van der Waals surface area contributed by atoms with Crippen LogP contribution in [-0.2, 0) is 5.75 Å². The van der Waals surface area contributed by atoms with Crippen molar-refractivity contribution in [3.63, 3.8) is 0 Å². The molecule has 0 unspecified atom stereocenters. The Kier molecular flexibility index (Phi) is 3.48. The summed E-state index contributed by atoms with van der Waals surface area (Å²) in [6, 6.07) is 15.7. The second kappa shape index (κ2) is 5.63. The molecule has 2 heterocycles. The van der Waals surface area contributed by atoms with Crippen molar-refractivity contribution in [2.24, 2.45) is 0 Å². The van der Waals surface area contributed by atoms with Crippen molar-refractivity contribution in [2.45, 2.75) is 10.8 Å². The Morgan fingerprint density at radius 1 is 1.05 bits per heavy atom. The van der Waals surface area contributed by atoms with Gasteiger partial charge in [0.2, 0.25) is 0 Å². The maximum atomic E-state index is 6.02. The molecule has 0 amide bonds. The molecule has 2 aromatic heterocycles. The summed E-state index contributed by atoms with van der Waals surface area (Å²) in [4.78, 5) is 8.72. The summed E-state index contributed by atoms with van der Waals surface area (Å²) in [6.45, 7) is 0. The van der Waals surface area contributed by atoms with E-state index in [1.165, 1.54) is 0 Å². The van der Waals surface area contributed by atoms with Crippen LogP contribution in [-0.4, -0.2) is 9.97 Å². The second-order valence-electron chi connectivity index (χ2n) is 4.87. The van der Waals surface area contributed by atoms with Crippen LogP contribution in [0.4, 0.5) is 0 Å². The average molecular weight is 327 g/mol. The lowest BCUT2D eigenvalue weighted by molar-refractivity contribution is 0.653. The summed E-state index contributed by atoms with van der Waals surface area (Å²) in [6.07, 6.45) is 1.59. The minimum Gasteiger partial charge on any atom is -0.451 e. The van der Waals surface area contributed by atoms with Crippen LogP contribution in [0.15, 0.2) is 64.3 Å². The zero-order chi connectivity index (χ0) is 14.9. The number of para-hydroxylation sites is 1. The Bertz CT molecular complexity index is 967. The van der Waals surface area contributed by atoms with Gasteiger partial charge in [-0.3, -0.25) is 0 Å². The quantitative estimate of drug-likeness (QED) is 0.377. The lowest BCUT2D eigenvalue weighted by Crippen LogP contribution is -1.86. The fourth-order valence-electron chi connectivity index (χ4n) is 2.38. The largest absolute Gasteiger partial charge is 0.451 e. The molecule has 4 aromatic rings. The van der Waals surface area contributed by atoms with Gasteiger partial charge in [0, 0.05) is 16.2 Å². The molecule has 0 aliphatic heterocycles. The highest BCUT2D eigenvalue weighted by Crippen LogP contribution is 2.33. The SMILES string of the molecule is Clc1cccc(CSc2ncnc3c2oc2ccccc23)c1. The number of halogens is 1. The molecular weight excluding hydrogens is 316 g/mol. The molecule has 0 spiro atoms. The molecule has 2 aromatic carbocycles. The zero-order valence-electron chi connectivity index (χ0n) is 11.5. The molecule has 0 N–H and O–H groups in total. The molecule has 0 saturated heterocycles. The predicted octanol–water partition coefficient (Wildman–Crippen LogP) is 5.32. The van der Waals surface area contributed by atoms with Gasteiger partial charge in [-0.1, -0.05) is 47.6 Å². The number of benzene rings is 2. The maximum Gasteiger partial charge on any atom is 0.186 e. The van der Waals surface area contributed by atoms with Crippen molar-refractivity contribution in [1.82, 2.24) is 9.97 Å². The van der Waals surface area contributed by atoms with Gasteiger partial charge in [-0.05, 0) is 29.8 Å². The number of hydrogen-bond acceptors (Lipinski definition) is 4. The highest BCUT2D eigenvalue weighted by atomic mass is 35.5. The Balaban J connectivity index is 1.72. The van der Waals surface area contributed by atoms with Crippen LogP contribution in [0.2, 0.25) is 5.02 Å². The Hall–Kier alpha value is -2.04. The van der Waals surface area contributed by atoms with Gasteiger partial charge in [-0.2, -0.15) is 0 Å². The average Bonchev–Trinajstić information content (AvgIpc) is 2.92. The van der Waals surface area contributed by atoms with Crippen LogP contribution < -0.4 is 0 Å².